The molecule has 1 aromatic heterocycles. The van der Waals surface area contributed by atoms with Crippen molar-refractivity contribution in [1.82, 2.24) is 4.98 Å². The molecule has 0 fully saturated rings. The van der Waals surface area contributed by atoms with Crippen LogP contribution >= 0.6 is 11.3 Å². The van der Waals surface area contributed by atoms with Crippen molar-refractivity contribution in [2.75, 3.05) is 4.90 Å². The molecular formula is C15H14N2O2S. The lowest BCUT2D eigenvalue weighted by atomic mass is 10.0. The predicted molar refractivity (Wildman–Crippen MR) is 78.3 cm³/mol. The van der Waals surface area contributed by atoms with Gasteiger partial charge in [-0.2, -0.15) is 0 Å². The number of aromatic nitrogens is 1. The fraction of sp³-hybridized carbons (Fsp3) is 0.267. The van der Waals surface area contributed by atoms with Gasteiger partial charge in [0, 0.05) is 11.1 Å². The summed E-state index contributed by atoms with van der Waals surface area (Å²) in [7, 11) is 0. The SMILES string of the molecule is Cc1cc(C)c2c(c1)C(=O)C(=O)N2Cc1nc(C)cs1. The van der Waals surface area contributed by atoms with E-state index in [1.165, 1.54) is 11.3 Å². The highest BCUT2D eigenvalue weighted by Gasteiger charge is 2.37. The van der Waals surface area contributed by atoms with Crippen LogP contribution in [0.5, 0.6) is 0 Å². The van der Waals surface area contributed by atoms with E-state index in [4.69, 9.17) is 0 Å². The van der Waals surface area contributed by atoms with Crippen LogP contribution in [-0.4, -0.2) is 16.7 Å². The minimum Gasteiger partial charge on any atom is -0.298 e. The normalized spacial score (nSPS) is 14.1. The van der Waals surface area contributed by atoms with Gasteiger partial charge in [0.25, 0.3) is 11.7 Å². The summed E-state index contributed by atoms with van der Waals surface area (Å²) in [5, 5.41) is 2.79. The number of fused-ring (bicyclic) bond motifs is 1. The van der Waals surface area contributed by atoms with E-state index in [0.717, 1.165) is 27.5 Å². The van der Waals surface area contributed by atoms with Gasteiger partial charge in [-0.3, -0.25) is 14.5 Å². The maximum atomic E-state index is 12.2. The monoisotopic (exact) mass is 286 g/mol. The van der Waals surface area contributed by atoms with Crippen molar-refractivity contribution >= 4 is 28.7 Å². The molecule has 2 aromatic rings. The number of rotatable bonds is 2. The van der Waals surface area contributed by atoms with Gasteiger partial charge in [-0.1, -0.05) is 6.07 Å². The Morgan fingerprint density at radius 2 is 1.95 bits per heavy atom. The van der Waals surface area contributed by atoms with Crippen LogP contribution in [0.1, 0.15) is 32.2 Å². The number of hydrogen-bond donors (Lipinski definition) is 0. The molecule has 2 heterocycles. The van der Waals surface area contributed by atoms with Crippen LogP contribution in [0, 0.1) is 20.8 Å². The molecule has 5 heteroatoms. The van der Waals surface area contributed by atoms with Crippen molar-refractivity contribution in [1.29, 1.82) is 0 Å². The van der Waals surface area contributed by atoms with Crippen LogP contribution in [0.4, 0.5) is 5.69 Å². The molecule has 3 rings (SSSR count). The van der Waals surface area contributed by atoms with Crippen LogP contribution in [0.3, 0.4) is 0 Å². The Kier molecular flexibility index (Phi) is 2.94. The summed E-state index contributed by atoms with van der Waals surface area (Å²) in [5.74, 6) is -0.873. The molecule has 0 saturated heterocycles. The molecule has 1 aliphatic rings. The first-order valence-corrected chi connectivity index (χ1v) is 7.24. The van der Waals surface area contributed by atoms with Crippen LogP contribution < -0.4 is 4.90 Å². The first-order chi connectivity index (χ1) is 9.47. The van der Waals surface area contributed by atoms with E-state index in [0.29, 0.717) is 12.1 Å². The third-order valence-corrected chi connectivity index (χ3v) is 4.31. The van der Waals surface area contributed by atoms with Crippen molar-refractivity contribution in [3.8, 4) is 0 Å². The van der Waals surface area contributed by atoms with Crippen LogP contribution in [-0.2, 0) is 11.3 Å². The summed E-state index contributed by atoms with van der Waals surface area (Å²) in [4.78, 5) is 30.2. The minimum atomic E-state index is -0.457. The van der Waals surface area contributed by atoms with E-state index in [2.05, 4.69) is 4.98 Å². The summed E-state index contributed by atoms with van der Waals surface area (Å²) < 4.78 is 0. The summed E-state index contributed by atoms with van der Waals surface area (Å²) in [6.45, 7) is 6.13. The maximum absolute atomic E-state index is 12.2. The number of hydrogen-bond acceptors (Lipinski definition) is 4. The van der Waals surface area contributed by atoms with E-state index >= 15 is 0 Å². The van der Waals surface area contributed by atoms with Crippen LogP contribution in [0.25, 0.3) is 0 Å². The van der Waals surface area contributed by atoms with Gasteiger partial charge in [-0.15, -0.1) is 11.3 Å². The maximum Gasteiger partial charge on any atom is 0.299 e. The molecule has 0 radical (unpaired) electrons. The molecule has 0 N–H and O–H groups in total. The zero-order valence-electron chi connectivity index (χ0n) is 11.6. The average Bonchev–Trinajstić information content (AvgIpc) is 2.88. The van der Waals surface area contributed by atoms with Gasteiger partial charge in [-0.25, -0.2) is 4.98 Å². The smallest absolute Gasteiger partial charge is 0.298 e. The lowest BCUT2D eigenvalue weighted by Gasteiger charge is -2.17. The second kappa shape index (κ2) is 4.52. The fourth-order valence-electron chi connectivity index (χ4n) is 2.59. The summed E-state index contributed by atoms with van der Waals surface area (Å²) in [5.41, 5.74) is 4.13. The van der Waals surface area contributed by atoms with Crippen molar-refractivity contribution < 1.29 is 9.59 Å². The van der Waals surface area contributed by atoms with E-state index < -0.39 is 11.7 Å². The Hall–Kier alpha value is -2.01. The molecule has 0 saturated carbocycles. The Bertz CT molecular complexity index is 733. The minimum absolute atomic E-state index is 0.361. The van der Waals surface area contributed by atoms with E-state index in [1.54, 1.807) is 11.0 Å². The van der Waals surface area contributed by atoms with Gasteiger partial charge >= 0.3 is 0 Å². The number of thiazole rings is 1. The van der Waals surface area contributed by atoms with Gasteiger partial charge in [0.15, 0.2) is 0 Å². The quantitative estimate of drug-likeness (QED) is 0.798. The molecule has 0 aliphatic carbocycles. The first kappa shape index (κ1) is 13.0. The lowest BCUT2D eigenvalue weighted by molar-refractivity contribution is -0.114. The number of nitrogens with zero attached hydrogens (tertiary/aromatic N) is 2. The summed E-state index contributed by atoms with van der Waals surface area (Å²) >= 11 is 1.51. The van der Waals surface area contributed by atoms with Gasteiger partial charge in [0.1, 0.15) is 5.01 Å². The number of Topliss-reactive ketones (excluding diaryl/α,β-unsaturated/α-hetero) is 1. The standard InChI is InChI=1S/C15H14N2O2S/c1-8-4-9(2)13-11(5-8)14(18)15(19)17(13)6-12-16-10(3)7-20-12/h4-5,7H,6H2,1-3H3. The highest BCUT2D eigenvalue weighted by molar-refractivity contribution is 7.09. The van der Waals surface area contributed by atoms with Gasteiger partial charge < -0.3 is 0 Å². The highest BCUT2D eigenvalue weighted by atomic mass is 32.1. The van der Waals surface area contributed by atoms with Crippen molar-refractivity contribution in [2.24, 2.45) is 0 Å². The molecule has 102 valence electrons. The topological polar surface area (TPSA) is 50.3 Å². The zero-order valence-corrected chi connectivity index (χ0v) is 12.4. The molecule has 0 bridgehead atoms. The van der Waals surface area contributed by atoms with Crippen molar-refractivity contribution in [3.63, 3.8) is 0 Å². The number of amides is 1. The number of carbonyl (C=O) groups is 2. The van der Waals surface area contributed by atoms with Crippen LogP contribution in [0.15, 0.2) is 17.5 Å². The third-order valence-electron chi connectivity index (χ3n) is 3.36. The van der Waals surface area contributed by atoms with Gasteiger partial charge in [-0.05, 0) is 38.0 Å². The Labute approximate surface area is 121 Å². The summed E-state index contributed by atoms with van der Waals surface area (Å²) in [6.07, 6.45) is 0. The lowest BCUT2D eigenvalue weighted by Crippen LogP contribution is -2.29. The molecule has 20 heavy (non-hydrogen) atoms. The largest absolute Gasteiger partial charge is 0.299 e. The van der Waals surface area contributed by atoms with E-state index in [-0.39, 0.29) is 0 Å². The number of carbonyl (C=O) groups excluding carboxylic acids is 2. The highest BCUT2D eigenvalue weighted by Crippen LogP contribution is 2.34. The predicted octanol–water partition coefficient (Wildman–Crippen LogP) is 2.80. The Morgan fingerprint density at radius 1 is 1.20 bits per heavy atom. The fourth-order valence-corrected chi connectivity index (χ4v) is 3.35. The molecule has 1 amide bonds. The van der Waals surface area contributed by atoms with E-state index in [9.17, 15) is 9.59 Å². The molecule has 0 atom stereocenters. The number of ketones is 1. The first-order valence-electron chi connectivity index (χ1n) is 6.36. The molecule has 1 aromatic carbocycles. The number of benzene rings is 1. The van der Waals surface area contributed by atoms with Crippen molar-refractivity contribution in [3.05, 3.63) is 44.9 Å². The molecule has 4 nitrogen and oxygen atoms in total. The zero-order chi connectivity index (χ0) is 14.4. The van der Waals surface area contributed by atoms with Crippen molar-refractivity contribution in [2.45, 2.75) is 27.3 Å². The average molecular weight is 286 g/mol. The Balaban J connectivity index is 2.06. The Morgan fingerprint density at radius 3 is 2.60 bits per heavy atom. The molecular weight excluding hydrogens is 272 g/mol. The summed E-state index contributed by atoms with van der Waals surface area (Å²) in [6, 6.07) is 3.78. The number of aryl methyl sites for hydroxylation is 3. The second-order valence-corrected chi connectivity index (χ2v) is 6.02. The number of anilines is 1. The molecule has 0 unspecified atom stereocenters. The van der Waals surface area contributed by atoms with Gasteiger partial charge in [0.2, 0.25) is 0 Å². The third kappa shape index (κ3) is 1.94. The van der Waals surface area contributed by atoms with Gasteiger partial charge in [0.05, 0.1) is 17.8 Å². The second-order valence-electron chi connectivity index (χ2n) is 5.08. The van der Waals surface area contributed by atoms with E-state index in [1.807, 2.05) is 32.2 Å². The molecule has 0 spiro atoms. The van der Waals surface area contributed by atoms with Crippen LogP contribution in [0.2, 0.25) is 0 Å². The molecule has 1 aliphatic heterocycles.